The molecule has 31 heavy (non-hydrogen) atoms. The number of nitrogens with zero attached hydrogens (tertiary/aromatic N) is 4. The molecule has 4 rings (SSSR count). The van der Waals surface area contributed by atoms with Gasteiger partial charge in [-0.3, -0.25) is 0 Å². The predicted molar refractivity (Wildman–Crippen MR) is 98.2 cm³/mol. The lowest BCUT2D eigenvalue weighted by molar-refractivity contribution is -0.192. The number of hydrogen-bond acceptors (Lipinski definition) is 6. The number of halogens is 6. The molecule has 0 aliphatic carbocycles. The zero-order valence-corrected chi connectivity index (χ0v) is 15.8. The minimum Gasteiger partial charge on any atom is -0.475 e. The number of rotatable bonds is 1. The first-order valence-electron chi connectivity index (χ1n) is 9.02. The maximum absolute atomic E-state index is 12.8. The third-order valence-corrected chi connectivity index (χ3v) is 4.68. The second-order valence-electron chi connectivity index (χ2n) is 6.71. The number of carbonyl (C=O) groups is 1. The molecule has 168 valence electrons. The van der Waals surface area contributed by atoms with Crippen LogP contribution in [0.5, 0.6) is 0 Å². The van der Waals surface area contributed by atoms with Crippen molar-refractivity contribution in [2.45, 2.75) is 18.4 Å². The molecule has 2 aliphatic heterocycles. The maximum Gasteiger partial charge on any atom is 0.490 e. The van der Waals surface area contributed by atoms with Gasteiger partial charge in [-0.2, -0.15) is 26.3 Å². The monoisotopic (exact) mass is 449 g/mol. The Balaban J connectivity index is 0.000000339. The summed E-state index contributed by atoms with van der Waals surface area (Å²) in [7, 11) is 0. The molecule has 3 heterocycles. The van der Waals surface area contributed by atoms with Crippen molar-refractivity contribution >= 4 is 23.3 Å². The van der Waals surface area contributed by atoms with Crippen molar-refractivity contribution in [2.75, 3.05) is 36.0 Å². The molecule has 0 amide bonds. The molecule has 1 atom stereocenters. The summed E-state index contributed by atoms with van der Waals surface area (Å²) in [5, 5.41) is 10.5. The number of carboxylic acid groups (broad SMARTS) is 1. The molecular weight excluding hydrogens is 432 g/mol. The number of aliphatic carboxylic acids is 1. The Morgan fingerprint density at radius 1 is 1.03 bits per heavy atom. The van der Waals surface area contributed by atoms with E-state index in [9.17, 15) is 26.3 Å². The Hall–Kier alpha value is -3.09. The van der Waals surface area contributed by atoms with Gasteiger partial charge in [-0.15, -0.1) is 0 Å². The van der Waals surface area contributed by atoms with Crippen molar-refractivity contribution in [2.24, 2.45) is 0 Å². The SMILES string of the molecule is FC(F)(F)c1ccc(N2CC3CNCCN3c3nccnc32)cc1.O=C(O)C(F)(F)F. The van der Waals surface area contributed by atoms with Crippen LogP contribution < -0.4 is 15.1 Å². The average molecular weight is 449 g/mol. The summed E-state index contributed by atoms with van der Waals surface area (Å²) in [5.74, 6) is -1.28. The van der Waals surface area contributed by atoms with Gasteiger partial charge in [0.05, 0.1) is 11.6 Å². The fourth-order valence-electron chi connectivity index (χ4n) is 3.27. The number of piperazine rings is 1. The van der Waals surface area contributed by atoms with Crippen LogP contribution in [0.25, 0.3) is 0 Å². The van der Waals surface area contributed by atoms with Crippen LogP contribution in [-0.2, 0) is 11.0 Å². The fraction of sp³-hybridized carbons (Fsp3) is 0.389. The van der Waals surface area contributed by atoms with Crippen molar-refractivity contribution < 1.29 is 36.2 Å². The highest BCUT2D eigenvalue weighted by Gasteiger charge is 2.38. The molecule has 2 aliphatic rings. The Kier molecular flexibility index (Phi) is 6.25. The van der Waals surface area contributed by atoms with Gasteiger partial charge in [0.1, 0.15) is 0 Å². The molecule has 13 heteroatoms. The standard InChI is InChI=1S/C16H16F3N5.C2HF3O2/c17-16(18,19)11-1-3-12(4-2-11)24-10-13-9-20-7-8-23(13)14-15(24)22-6-5-21-14;3-2(4,5)1(6)7/h1-6,13,20H,7-10H2;(H,6,7). The van der Waals surface area contributed by atoms with E-state index in [0.29, 0.717) is 18.1 Å². The summed E-state index contributed by atoms with van der Waals surface area (Å²) in [6, 6.07) is 5.42. The smallest absolute Gasteiger partial charge is 0.475 e. The largest absolute Gasteiger partial charge is 0.490 e. The van der Waals surface area contributed by atoms with Crippen molar-refractivity contribution in [3.8, 4) is 0 Å². The number of nitrogens with one attached hydrogen (secondary N) is 1. The molecule has 0 spiro atoms. The first-order chi connectivity index (χ1) is 14.5. The molecule has 2 aromatic rings. The Morgan fingerprint density at radius 3 is 2.16 bits per heavy atom. The van der Waals surface area contributed by atoms with Crippen LogP contribution in [0.1, 0.15) is 5.56 Å². The van der Waals surface area contributed by atoms with Gasteiger partial charge in [0.15, 0.2) is 11.6 Å². The number of alkyl halides is 6. The Labute approximate surface area is 172 Å². The van der Waals surface area contributed by atoms with E-state index >= 15 is 0 Å². The van der Waals surface area contributed by atoms with Crippen LogP contribution in [0.2, 0.25) is 0 Å². The molecule has 1 fully saturated rings. The average Bonchev–Trinajstić information content (AvgIpc) is 2.72. The summed E-state index contributed by atoms with van der Waals surface area (Å²) in [6.07, 6.45) is -6.16. The molecule has 1 unspecified atom stereocenters. The number of anilines is 3. The number of fused-ring (bicyclic) bond motifs is 3. The third-order valence-electron chi connectivity index (χ3n) is 4.68. The van der Waals surface area contributed by atoms with Gasteiger partial charge in [-0.1, -0.05) is 0 Å². The minimum absolute atomic E-state index is 0.213. The molecule has 2 N–H and O–H groups in total. The summed E-state index contributed by atoms with van der Waals surface area (Å²) in [5.41, 5.74) is 0.0403. The lowest BCUT2D eigenvalue weighted by Crippen LogP contribution is -2.58. The van der Waals surface area contributed by atoms with Gasteiger partial charge in [-0.25, -0.2) is 14.8 Å². The molecule has 0 saturated carbocycles. The minimum atomic E-state index is -5.08. The van der Waals surface area contributed by atoms with Crippen LogP contribution in [0.4, 0.5) is 43.7 Å². The first-order valence-corrected chi connectivity index (χ1v) is 9.02. The van der Waals surface area contributed by atoms with E-state index in [-0.39, 0.29) is 6.04 Å². The number of aromatic nitrogens is 2. The number of benzene rings is 1. The third kappa shape index (κ3) is 5.16. The molecular formula is C18H17F6N5O2. The van der Waals surface area contributed by atoms with Crippen LogP contribution in [0, 0.1) is 0 Å². The highest BCUT2D eigenvalue weighted by Crippen LogP contribution is 2.38. The van der Waals surface area contributed by atoms with Gasteiger partial charge in [0, 0.05) is 44.3 Å². The molecule has 0 bridgehead atoms. The van der Waals surface area contributed by atoms with Gasteiger partial charge in [0.2, 0.25) is 0 Å². The van der Waals surface area contributed by atoms with E-state index < -0.39 is 23.9 Å². The zero-order valence-electron chi connectivity index (χ0n) is 15.8. The van der Waals surface area contributed by atoms with Crippen molar-refractivity contribution in [3.63, 3.8) is 0 Å². The summed E-state index contributed by atoms with van der Waals surface area (Å²) >= 11 is 0. The van der Waals surface area contributed by atoms with Crippen molar-refractivity contribution in [1.82, 2.24) is 15.3 Å². The van der Waals surface area contributed by atoms with E-state index in [1.807, 2.05) is 4.90 Å². The lowest BCUT2D eigenvalue weighted by Gasteiger charge is -2.45. The van der Waals surface area contributed by atoms with Crippen LogP contribution >= 0.6 is 0 Å². The lowest BCUT2D eigenvalue weighted by atomic mass is 10.1. The van der Waals surface area contributed by atoms with Crippen LogP contribution in [0.3, 0.4) is 0 Å². The van der Waals surface area contributed by atoms with Gasteiger partial charge < -0.3 is 20.2 Å². The van der Waals surface area contributed by atoms with E-state index in [1.54, 1.807) is 12.4 Å². The highest BCUT2D eigenvalue weighted by molar-refractivity contribution is 5.74. The summed E-state index contributed by atoms with van der Waals surface area (Å²) in [4.78, 5) is 21.9. The normalized spacial score (nSPS) is 18.5. The number of hydrogen-bond donors (Lipinski definition) is 2. The molecule has 1 aromatic heterocycles. The van der Waals surface area contributed by atoms with Gasteiger partial charge in [-0.05, 0) is 24.3 Å². The second kappa shape index (κ2) is 8.57. The fourth-order valence-corrected chi connectivity index (χ4v) is 3.27. The van der Waals surface area contributed by atoms with E-state index in [2.05, 4.69) is 20.2 Å². The second-order valence-corrected chi connectivity index (χ2v) is 6.71. The Morgan fingerprint density at radius 2 is 1.61 bits per heavy atom. The Bertz CT molecular complexity index is 919. The molecule has 1 saturated heterocycles. The van der Waals surface area contributed by atoms with Gasteiger partial charge >= 0.3 is 18.3 Å². The van der Waals surface area contributed by atoms with Crippen LogP contribution in [0.15, 0.2) is 36.7 Å². The van der Waals surface area contributed by atoms with Gasteiger partial charge in [0.25, 0.3) is 0 Å². The highest BCUT2D eigenvalue weighted by atomic mass is 19.4. The predicted octanol–water partition coefficient (Wildman–Crippen LogP) is 3.06. The maximum atomic E-state index is 12.8. The van der Waals surface area contributed by atoms with Crippen molar-refractivity contribution in [3.05, 3.63) is 42.2 Å². The van der Waals surface area contributed by atoms with E-state index in [4.69, 9.17) is 9.90 Å². The molecule has 0 radical (unpaired) electrons. The van der Waals surface area contributed by atoms with E-state index in [1.165, 1.54) is 12.1 Å². The number of carboxylic acids is 1. The first kappa shape index (κ1) is 22.6. The van der Waals surface area contributed by atoms with Crippen LogP contribution in [-0.4, -0.2) is 59.4 Å². The van der Waals surface area contributed by atoms with E-state index in [0.717, 1.165) is 37.6 Å². The topological polar surface area (TPSA) is 81.6 Å². The summed E-state index contributed by atoms with van der Waals surface area (Å²) < 4.78 is 70.0. The quantitative estimate of drug-likeness (QED) is 0.648. The molecule has 7 nitrogen and oxygen atoms in total. The molecule has 1 aromatic carbocycles. The van der Waals surface area contributed by atoms with Crippen molar-refractivity contribution in [1.29, 1.82) is 0 Å². The summed E-state index contributed by atoms with van der Waals surface area (Å²) in [6.45, 7) is 3.20. The zero-order chi connectivity index (χ0) is 22.8.